The maximum Gasteiger partial charge on any atom is 0.241 e. The second-order valence-electron chi connectivity index (χ2n) is 5.86. The maximum atomic E-state index is 12.5. The highest BCUT2D eigenvalue weighted by Crippen LogP contribution is 2.30. The third kappa shape index (κ3) is 2.82. The van der Waals surface area contributed by atoms with Crippen molar-refractivity contribution in [3.63, 3.8) is 0 Å². The minimum atomic E-state index is -3.48. The van der Waals surface area contributed by atoms with Gasteiger partial charge in [0.15, 0.2) is 0 Å². The van der Waals surface area contributed by atoms with Crippen LogP contribution in [0.25, 0.3) is 0 Å². The van der Waals surface area contributed by atoms with Crippen LogP contribution in [0.2, 0.25) is 0 Å². The van der Waals surface area contributed by atoms with Crippen LogP contribution in [0.3, 0.4) is 0 Å². The Balaban J connectivity index is 1.73. The van der Waals surface area contributed by atoms with Gasteiger partial charge in [-0.15, -0.1) is 0 Å². The summed E-state index contributed by atoms with van der Waals surface area (Å²) in [6, 6.07) is 5.71. The Hall–Kier alpha value is -1.11. The molecule has 1 saturated carbocycles. The summed E-state index contributed by atoms with van der Waals surface area (Å²) in [5.74, 6) is 0. The fraction of sp³-hybridized carbons (Fsp3) is 0.571. The second-order valence-corrected chi connectivity index (χ2v) is 7.54. The topological polar surface area (TPSA) is 75.4 Å². The lowest BCUT2D eigenvalue weighted by Crippen LogP contribution is -2.37. The fourth-order valence-corrected chi connectivity index (χ4v) is 4.39. The molecule has 1 atom stereocenters. The quantitative estimate of drug-likeness (QED) is 0.815. The molecule has 0 aromatic heterocycles. The molecule has 0 amide bonds. The van der Waals surface area contributed by atoms with E-state index in [0.717, 1.165) is 25.1 Å². The number of likely N-dealkylation sites (tertiary alicyclic amines) is 1. The first-order chi connectivity index (χ1) is 9.45. The number of hydrogen-bond acceptors (Lipinski definition) is 4. The van der Waals surface area contributed by atoms with Gasteiger partial charge in [0.1, 0.15) is 0 Å². The monoisotopic (exact) mass is 295 g/mol. The van der Waals surface area contributed by atoms with Gasteiger partial charge in [0.2, 0.25) is 10.0 Å². The van der Waals surface area contributed by atoms with Crippen LogP contribution >= 0.6 is 0 Å². The van der Waals surface area contributed by atoms with Crippen molar-refractivity contribution in [3.8, 4) is 0 Å². The number of aryl methyl sites for hydroxylation is 1. The number of nitrogens with two attached hydrogens (primary N) is 1. The van der Waals surface area contributed by atoms with Crippen LogP contribution in [-0.2, 0) is 10.0 Å². The number of rotatable bonds is 4. The Labute approximate surface area is 120 Å². The van der Waals surface area contributed by atoms with E-state index < -0.39 is 10.0 Å². The third-order valence-corrected chi connectivity index (χ3v) is 5.77. The second kappa shape index (κ2) is 5.02. The van der Waals surface area contributed by atoms with E-state index in [-0.39, 0.29) is 6.04 Å². The molecular formula is C14H21N3O2S. The Kier molecular flexibility index (Phi) is 3.48. The van der Waals surface area contributed by atoms with Gasteiger partial charge in [-0.2, -0.15) is 0 Å². The van der Waals surface area contributed by atoms with Crippen molar-refractivity contribution in [2.45, 2.75) is 43.2 Å². The molecule has 2 aliphatic rings. The van der Waals surface area contributed by atoms with Gasteiger partial charge in [-0.1, -0.05) is 6.07 Å². The van der Waals surface area contributed by atoms with Crippen LogP contribution < -0.4 is 10.5 Å². The van der Waals surface area contributed by atoms with Crippen LogP contribution in [0.1, 0.15) is 24.8 Å². The normalized spacial score (nSPS) is 24.1. The molecule has 110 valence electrons. The van der Waals surface area contributed by atoms with E-state index in [1.54, 1.807) is 19.1 Å². The number of hydrogen-bond donors (Lipinski definition) is 2. The van der Waals surface area contributed by atoms with Crippen molar-refractivity contribution in [3.05, 3.63) is 23.8 Å². The lowest BCUT2D eigenvalue weighted by atomic mass is 10.2. The Morgan fingerprint density at radius 2 is 2.05 bits per heavy atom. The number of anilines is 1. The molecule has 1 aliphatic heterocycles. The molecule has 5 nitrogen and oxygen atoms in total. The predicted molar refractivity (Wildman–Crippen MR) is 78.9 cm³/mol. The molecule has 1 aromatic carbocycles. The zero-order valence-corrected chi connectivity index (χ0v) is 12.5. The van der Waals surface area contributed by atoms with Crippen molar-refractivity contribution in [1.29, 1.82) is 0 Å². The first kappa shape index (κ1) is 13.9. The fourth-order valence-electron chi connectivity index (χ4n) is 2.84. The van der Waals surface area contributed by atoms with Gasteiger partial charge in [0.05, 0.1) is 4.90 Å². The van der Waals surface area contributed by atoms with Gasteiger partial charge in [-0.3, -0.25) is 4.90 Å². The Morgan fingerprint density at radius 1 is 1.30 bits per heavy atom. The van der Waals surface area contributed by atoms with Crippen molar-refractivity contribution < 1.29 is 8.42 Å². The minimum Gasteiger partial charge on any atom is -0.399 e. The average molecular weight is 295 g/mol. The molecule has 1 unspecified atom stereocenters. The van der Waals surface area contributed by atoms with Crippen LogP contribution in [0.15, 0.2) is 23.1 Å². The number of benzene rings is 1. The molecular weight excluding hydrogens is 274 g/mol. The molecule has 1 saturated heterocycles. The van der Waals surface area contributed by atoms with Crippen LogP contribution in [0.5, 0.6) is 0 Å². The highest BCUT2D eigenvalue weighted by molar-refractivity contribution is 7.89. The number of nitrogens with zero attached hydrogens (tertiary/aromatic N) is 1. The summed E-state index contributed by atoms with van der Waals surface area (Å²) in [7, 11) is -3.48. The van der Waals surface area contributed by atoms with Gasteiger partial charge in [-0.25, -0.2) is 13.1 Å². The van der Waals surface area contributed by atoms with E-state index >= 15 is 0 Å². The van der Waals surface area contributed by atoms with Gasteiger partial charge < -0.3 is 5.73 Å². The van der Waals surface area contributed by atoms with Crippen molar-refractivity contribution in [2.75, 3.05) is 18.8 Å². The highest BCUT2D eigenvalue weighted by atomic mass is 32.2. The minimum absolute atomic E-state index is 0.0152. The van der Waals surface area contributed by atoms with Gasteiger partial charge >= 0.3 is 0 Å². The molecule has 20 heavy (non-hydrogen) atoms. The molecule has 0 bridgehead atoms. The van der Waals surface area contributed by atoms with Gasteiger partial charge in [0.25, 0.3) is 0 Å². The summed E-state index contributed by atoms with van der Waals surface area (Å²) >= 11 is 0. The molecule has 3 N–H and O–H groups in total. The first-order valence-electron chi connectivity index (χ1n) is 7.08. The number of nitrogens with one attached hydrogen (secondary N) is 1. The molecule has 2 fully saturated rings. The van der Waals surface area contributed by atoms with Crippen molar-refractivity contribution in [2.24, 2.45) is 0 Å². The van der Waals surface area contributed by atoms with E-state index in [1.165, 1.54) is 18.9 Å². The molecule has 1 heterocycles. The third-order valence-electron chi connectivity index (χ3n) is 4.11. The van der Waals surface area contributed by atoms with Crippen LogP contribution in [0.4, 0.5) is 5.69 Å². The van der Waals surface area contributed by atoms with E-state index in [9.17, 15) is 8.42 Å². The molecule has 0 radical (unpaired) electrons. The number of sulfonamides is 1. The van der Waals surface area contributed by atoms with E-state index in [1.807, 2.05) is 0 Å². The Morgan fingerprint density at radius 3 is 2.75 bits per heavy atom. The summed E-state index contributed by atoms with van der Waals surface area (Å²) in [6.45, 7) is 3.61. The predicted octanol–water partition coefficient (Wildman–Crippen LogP) is 1.09. The summed E-state index contributed by atoms with van der Waals surface area (Å²) in [5, 5.41) is 0. The summed E-state index contributed by atoms with van der Waals surface area (Å²) in [4.78, 5) is 2.68. The molecule has 1 aliphatic carbocycles. The lowest BCUT2D eigenvalue weighted by Gasteiger charge is -2.17. The number of nitrogen functional groups attached to an aromatic ring is 1. The van der Waals surface area contributed by atoms with Crippen molar-refractivity contribution >= 4 is 15.7 Å². The van der Waals surface area contributed by atoms with Crippen molar-refractivity contribution in [1.82, 2.24) is 9.62 Å². The van der Waals surface area contributed by atoms with E-state index in [2.05, 4.69) is 9.62 Å². The molecule has 6 heteroatoms. The SMILES string of the molecule is Cc1ccc(N)cc1S(=O)(=O)NC1CCN(C2CC2)C1. The van der Waals surface area contributed by atoms with E-state index in [0.29, 0.717) is 16.6 Å². The summed E-state index contributed by atoms with van der Waals surface area (Å²) in [5.41, 5.74) is 6.90. The molecule has 3 rings (SSSR count). The Bertz CT molecular complexity index is 611. The zero-order valence-electron chi connectivity index (χ0n) is 11.7. The molecule has 0 spiro atoms. The summed E-state index contributed by atoms with van der Waals surface area (Å²) in [6.07, 6.45) is 3.40. The first-order valence-corrected chi connectivity index (χ1v) is 8.56. The van der Waals surface area contributed by atoms with Gasteiger partial charge in [-0.05, 0) is 43.9 Å². The van der Waals surface area contributed by atoms with Crippen LogP contribution in [-0.4, -0.2) is 38.5 Å². The van der Waals surface area contributed by atoms with E-state index in [4.69, 9.17) is 5.73 Å². The molecule has 1 aromatic rings. The largest absolute Gasteiger partial charge is 0.399 e. The zero-order chi connectivity index (χ0) is 14.3. The summed E-state index contributed by atoms with van der Waals surface area (Å²) < 4.78 is 27.8. The smallest absolute Gasteiger partial charge is 0.241 e. The highest BCUT2D eigenvalue weighted by Gasteiger charge is 2.36. The average Bonchev–Trinajstić information content (AvgIpc) is 3.13. The maximum absolute atomic E-state index is 12.5. The van der Waals surface area contributed by atoms with Crippen LogP contribution in [0, 0.1) is 6.92 Å². The standard InChI is InChI=1S/C14H21N3O2S/c1-10-2-3-11(15)8-14(10)20(18,19)16-12-6-7-17(9-12)13-4-5-13/h2-3,8,12-13,16H,4-7,9,15H2,1H3. The lowest BCUT2D eigenvalue weighted by molar-refractivity contribution is 0.322. The van der Waals surface area contributed by atoms with Gasteiger partial charge in [0, 0.05) is 30.9 Å².